The van der Waals surface area contributed by atoms with Gasteiger partial charge in [0.05, 0.1) is 12.8 Å². The van der Waals surface area contributed by atoms with Crippen molar-refractivity contribution in [1.82, 2.24) is 14.5 Å². The molecule has 2 fully saturated rings. The van der Waals surface area contributed by atoms with Gasteiger partial charge in [-0.1, -0.05) is 13.8 Å². The van der Waals surface area contributed by atoms with Crippen molar-refractivity contribution < 1.29 is 8.42 Å². The number of guanidine groups is 1. The van der Waals surface area contributed by atoms with Crippen LogP contribution in [0.1, 0.15) is 33.6 Å². The minimum absolute atomic E-state index is 0.00807. The Morgan fingerprint density at radius 1 is 1.38 bits per heavy atom. The van der Waals surface area contributed by atoms with E-state index >= 15 is 0 Å². The molecule has 140 valence electrons. The summed E-state index contributed by atoms with van der Waals surface area (Å²) in [5.74, 6) is 2.70. The van der Waals surface area contributed by atoms with E-state index in [1.54, 1.807) is 4.31 Å². The number of sulfonamides is 1. The Labute approximate surface area is 151 Å². The number of rotatable bonds is 5. The fourth-order valence-corrected chi connectivity index (χ4v) is 5.79. The summed E-state index contributed by atoms with van der Waals surface area (Å²) < 4.78 is 25.4. The molecular formula is C16H32N4O2S2. The fraction of sp³-hybridized carbons (Fsp3) is 0.938. The fourth-order valence-electron chi connectivity index (χ4n) is 3.32. The molecule has 0 amide bonds. The highest BCUT2D eigenvalue weighted by molar-refractivity contribution is 8.00. The summed E-state index contributed by atoms with van der Waals surface area (Å²) in [6.07, 6.45) is 3.13. The van der Waals surface area contributed by atoms with E-state index in [4.69, 9.17) is 4.99 Å². The van der Waals surface area contributed by atoms with Gasteiger partial charge in [0.1, 0.15) is 0 Å². The molecule has 0 radical (unpaired) electrons. The first kappa shape index (κ1) is 19.8. The van der Waals surface area contributed by atoms with Crippen molar-refractivity contribution in [1.29, 1.82) is 0 Å². The van der Waals surface area contributed by atoms with Gasteiger partial charge in [-0.05, 0) is 25.7 Å². The molecule has 0 aliphatic carbocycles. The lowest BCUT2D eigenvalue weighted by Crippen LogP contribution is -2.49. The third-order valence-electron chi connectivity index (χ3n) is 4.67. The topological polar surface area (TPSA) is 65.0 Å². The van der Waals surface area contributed by atoms with Gasteiger partial charge in [-0.15, -0.1) is 0 Å². The zero-order valence-electron chi connectivity index (χ0n) is 15.4. The number of nitrogens with zero attached hydrogens (tertiary/aromatic N) is 3. The third kappa shape index (κ3) is 5.26. The zero-order valence-corrected chi connectivity index (χ0v) is 17.0. The van der Waals surface area contributed by atoms with Gasteiger partial charge < -0.3 is 10.2 Å². The van der Waals surface area contributed by atoms with Crippen LogP contribution in [0.15, 0.2) is 4.99 Å². The zero-order chi connectivity index (χ0) is 17.7. The Hall–Kier alpha value is -0.470. The molecule has 2 aliphatic heterocycles. The summed E-state index contributed by atoms with van der Waals surface area (Å²) in [5, 5.41) is 4.01. The predicted molar refractivity (Wildman–Crippen MR) is 103 cm³/mol. The number of nitrogens with one attached hydrogen (secondary N) is 1. The molecule has 0 saturated carbocycles. The minimum Gasteiger partial charge on any atom is -0.357 e. The van der Waals surface area contributed by atoms with Crippen molar-refractivity contribution in [2.45, 2.75) is 44.9 Å². The van der Waals surface area contributed by atoms with Crippen molar-refractivity contribution >= 4 is 27.7 Å². The molecule has 0 spiro atoms. The second-order valence-corrected chi connectivity index (χ2v) is 10.2. The van der Waals surface area contributed by atoms with E-state index in [1.165, 1.54) is 6.26 Å². The molecule has 2 rings (SSSR count). The maximum absolute atomic E-state index is 11.9. The van der Waals surface area contributed by atoms with Gasteiger partial charge in [0.2, 0.25) is 10.0 Å². The van der Waals surface area contributed by atoms with Crippen molar-refractivity contribution in [2.75, 3.05) is 44.7 Å². The molecule has 0 aromatic heterocycles. The highest BCUT2D eigenvalue weighted by Crippen LogP contribution is 2.25. The van der Waals surface area contributed by atoms with Gasteiger partial charge in [-0.3, -0.25) is 4.99 Å². The van der Waals surface area contributed by atoms with Gasteiger partial charge in [0.25, 0.3) is 0 Å². The van der Waals surface area contributed by atoms with Crippen molar-refractivity contribution in [3.05, 3.63) is 0 Å². The van der Waals surface area contributed by atoms with Crippen LogP contribution in [-0.2, 0) is 10.0 Å². The molecule has 6 nitrogen and oxygen atoms in total. The standard InChI is InChI=1S/C16H32N4O2S2/c1-5-17-16(19-9-10-23-15(12-19)13(2)3)18-11-14-7-6-8-20(14)24(4,21)22/h13-15H,5-12H2,1-4H3,(H,17,18)/t14-,15?/m1/s1. The molecule has 1 N–H and O–H groups in total. The number of hydrogen-bond donors (Lipinski definition) is 1. The molecule has 2 aliphatic rings. The molecule has 2 saturated heterocycles. The van der Waals surface area contributed by atoms with Crippen LogP contribution in [0.2, 0.25) is 0 Å². The predicted octanol–water partition coefficient (Wildman–Crippen LogP) is 1.45. The lowest BCUT2D eigenvalue weighted by molar-refractivity contribution is 0.372. The molecule has 1 unspecified atom stereocenters. The third-order valence-corrected chi connectivity index (χ3v) is 7.54. The average molecular weight is 377 g/mol. The van der Waals surface area contributed by atoms with E-state index in [0.717, 1.165) is 44.2 Å². The average Bonchev–Trinajstić information content (AvgIpc) is 3.00. The van der Waals surface area contributed by atoms with Crippen LogP contribution in [-0.4, -0.2) is 79.6 Å². The number of hydrogen-bond acceptors (Lipinski definition) is 4. The Morgan fingerprint density at radius 2 is 2.12 bits per heavy atom. The van der Waals surface area contributed by atoms with E-state index < -0.39 is 10.0 Å². The van der Waals surface area contributed by atoms with Gasteiger partial charge >= 0.3 is 0 Å². The second kappa shape index (κ2) is 8.76. The van der Waals surface area contributed by atoms with Gasteiger partial charge in [-0.2, -0.15) is 16.1 Å². The summed E-state index contributed by atoms with van der Waals surface area (Å²) >= 11 is 2.05. The Bertz CT molecular complexity index is 536. The van der Waals surface area contributed by atoms with Crippen molar-refractivity contribution in [3.8, 4) is 0 Å². The molecule has 2 atom stereocenters. The van der Waals surface area contributed by atoms with Gasteiger partial charge in [0, 0.05) is 43.2 Å². The summed E-state index contributed by atoms with van der Waals surface area (Å²) in [6, 6.07) is 0.00807. The van der Waals surface area contributed by atoms with Crippen LogP contribution in [0.4, 0.5) is 0 Å². The molecule has 24 heavy (non-hydrogen) atoms. The van der Waals surface area contributed by atoms with Crippen molar-refractivity contribution in [2.24, 2.45) is 10.9 Å². The normalized spacial score (nSPS) is 27.0. The Kier molecular flexibility index (Phi) is 7.24. The maximum atomic E-state index is 11.9. The first-order chi connectivity index (χ1) is 11.3. The quantitative estimate of drug-likeness (QED) is 0.581. The molecule has 0 aromatic carbocycles. The Balaban J connectivity index is 2.05. The van der Waals surface area contributed by atoms with E-state index in [1.807, 2.05) is 11.8 Å². The highest BCUT2D eigenvalue weighted by atomic mass is 32.2. The largest absolute Gasteiger partial charge is 0.357 e. The van der Waals surface area contributed by atoms with Crippen LogP contribution in [0.5, 0.6) is 0 Å². The van der Waals surface area contributed by atoms with Crippen LogP contribution in [0, 0.1) is 5.92 Å². The summed E-state index contributed by atoms with van der Waals surface area (Å²) in [4.78, 5) is 7.13. The molecule has 0 bridgehead atoms. The van der Waals surface area contributed by atoms with Crippen LogP contribution < -0.4 is 5.32 Å². The summed E-state index contributed by atoms with van der Waals surface area (Å²) in [6.45, 7) is 10.6. The molecule has 0 aromatic rings. The highest BCUT2D eigenvalue weighted by Gasteiger charge is 2.31. The van der Waals surface area contributed by atoms with Crippen LogP contribution >= 0.6 is 11.8 Å². The van der Waals surface area contributed by atoms with Crippen LogP contribution in [0.25, 0.3) is 0 Å². The number of aliphatic imine (C=N–C) groups is 1. The van der Waals surface area contributed by atoms with Gasteiger partial charge in [0.15, 0.2) is 5.96 Å². The minimum atomic E-state index is -3.13. The lowest BCUT2D eigenvalue weighted by atomic mass is 10.1. The second-order valence-electron chi connectivity index (χ2n) is 6.96. The lowest BCUT2D eigenvalue weighted by Gasteiger charge is -2.36. The SMILES string of the molecule is CCNC(=NC[C@H]1CCCN1S(C)(=O)=O)N1CCSC(C(C)C)C1. The maximum Gasteiger partial charge on any atom is 0.211 e. The summed E-state index contributed by atoms with van der Waals surface area (Å²) in [5.41, 5.74) is 0. The summed E-state index contributed by atoms with van der Waals surface area (Å²) in [7, 11) is -3.13. The molecule has 2 heterocycles. The van der Waals surface area contributed by atoms with Crippen molar-refractivity contribution in [3.63, 3.8) is 0 Å². The van der Waals surface area contributed by atoms with E-state index in [0.29, 0.717) is 24.3 Å². The first-order valence-corrected chi connectivity index (χ1v) is 11.8. The van der Waals surface area contributed by atoms with Crippen LogP contribution in [0.3, 0.4) is 0 Å². The first-order valence-electron chi connectivity index (χ1n) is 8.94. The molecule has 8 heteroatoms. The number of thioether (sulfide) groups is 1. The van der Waals surface area contributed by atoms with E-state index in [-0.39, 0.29) is 6.04 Å². The van der Waals surface area contributed by atoms with E-state index in [9.17, 15) is 8.42 Å². The smallest absolute Gasteiger partial charge is 0.211 e. The van der Waals surface area contributed by atoms with E-state index in [2.05, 4.69) is 31.0 Å². The monoisotopic (exact) mass is 376 g/mol. The van der Waals surface area contributed by atoms with Gasteiger partial charge in [-0.25, -0.2) is 8.42 Å². The Morgan fingerprint density at radius 3 is 2.75 bits per heavy atom. The molecular weight excluding hydrogens is 344 g/mol.